The molecule has 2 rings (SSSR count). The van der Waals surface area contributed by atoms with Crippen LogP contribution in [-0.2, 0) is 9.47 Å². The molecule has 10 heteroatoms. The summed E-state index contributed by atoms with van der Waals surface area (Å²) < 4.78 is 8.94. The second-order valence-corrected chi connectivity index (χ2v) is 4.54. The molecule has 20 heavy (non-hydrogen) atoms. The van der Waals surface area contributed by atoms with Gasteiger partial charge in [-0.15, -0.1) is 0 Å². The van der Waals surface area contributed by atoms with Gasteiger partial charge in [0.15, 0.2) is 12.6 Å². The molecule has 0 saturated carbocycles. The van der Waals surface area contributed by atoms with E-state index in [1.54, 1.807) is 0 Å². The largest absolute Gasteiger partial charge is 0.388 e. The standard InChI is InChI=1S/2C5H10O5/c2*6-2-1-10-5(9)4(8)3(2)7/h2*2-9H,1H2/t2-,3+,4-,5+;2-,3+,4-,5-/m11/s1. The zero-order valence-corrected chi connectivity index (χ0v) is 10.4. The maximum atomic E-state index is 8.88. The minimum Gasteiger partial charge on any atom is -0.388 e. The van der Waals surface area contributed by atoms with Crippen LogP contribution in [0.2, 0.25) is 0 Å². The second kappa shape index (κ2) is 7.56. The highest BCUT2D eigenvalue weighted by Crippen LogP contribution is 2.13. The average Bonchev–Trinajstić information content (AvgIpc) is 2.43. The van der Waals surface area contributed by atoms with Gasteiger partial charge >= 0.3 is 0 Å². The van der Waals surface area contributed by atoms with E-state index in [4.69, 9.17) is 40.9 Å². The zero-order chi connectivity index (χ0) is 15.4. The fourth-order valence-electron chi connectivity index (χ4n) is 1.58. The van der Waals surface area contributed by atoms with Crippen LogP contribution in [0.1, 0.15) is 0 Å². The van der Waals surface area contributed by atoms with E-state index < -0.39 is 49.2 Å². The number of hydrogen-bond donors (Lipinski definition) is 8. The topological polar surface area (TPSA) is 180 Å². The predicted molar refractivity (Wildman–Crippen MR) is 60.0 cm³/mol. The van der Waals surface area contributed by atoms with E-state index in [-0.39, 0.29) is 13.2 Å². The van der Waals surface area contributed by atoms with Crippen LogP contribution in [0.4, 0.5) is 0 Å². The summed E-state index contributed by atoms with van der Waals surface area (Å²) in [4.78, 5) is 0. The molecule has 0 bridgehead atoms. The summed E-state index contributed by atoms with van der Waals surface area (Å²) in [5.74, 6) is 0. The Morgan fingerprint density at radius 1 is 0.500 bits per heavy atom. The van der Waals surface area contributed by atoms with Gasteiger partial charge in [0.25, 0.3) is 0 Å². The van der Waals surface area contributed by atoms with Crippen molar-refractivity contribution < 1.29 is 50.3 Å². The SMILES string of the molecule is O[C@@H]1[C@@H](O)[C@@H](O)OC[C@H]1O.O[C@@H]1[C@@H](O)[C@H](O)OC[C@H]1O. The Bertz CT molecular complexity index is 233. The van der Waals surface area contributed by atoms with Gasteiger partial charge in [-0.3, -0.25) is 0 Å². The predicted octanol–water partition coefficient (Wildman–Crippen LogP) is -5.16. The van der Waals surface area contributed by atoms with E-state index in [2.05, 4.69) is 9.47 Å². The van der Waals surface area contributed by atoms with E-state index in [0.717, 1.165) is 0 Å². The van der Waals surface area contributed by atoms with E-state index in [1.807, 2.05) is 0 Å². The van der Waals surface area contributed by atoms with Crippen LogP contribution in [-0.4, -0.2) is 103 Å². The average molecular weight is 300 g/mol. The lowest BCUT2D eigenvalue weighted by Crippen LogP contribution is -2.52. The van der Waals surface area contributed by atoms with Gasteiger partial charge in [-0.25, -0.2) is 0 Å². The number of aliphatic hydroxyl groups is 8. The highest BCUT2D eigenvalue weighted by atomic mass is 16.6. The van der Waals surface area contributed by atoms with Crippen molar-refractivity contribution in [2.24, 2.45) is 0 Å². The van der Waals surface area contributed by atoms with Crippen LogP contribution in [0.25, 0.3) is 0 Å². The molecule has 10 nitrogen and oxygen atoms in total. The van der Waals surface area contributed by atoms with Crippen molar-refractivity contribution in [1.29, 1.82) is 0 Å². The third-order valence-corrected chi connectivity index (χ3v) is 2.95. The molecule has 0 aromatic carbocycles. The molecular formula is C10H20O10. The molecule has 2 fully saturated rings. The molecule has 2 aliphatic rings. The minimum absolute atomic E-state index is 0.153. The smallest absolute Gasteiger partial charge is 0.183 e. The molecule has 0 aliphatic carbocycles. The van der Waals surface area contributed by atoms with Crippen molar-refractivity contribution in [3.8, 4) is 0 Å². The molecule has 0 unspecified atom stereocenters. The molecule has 2 saturated heterocycles. The van der Waals surface area contributed by atoms with Crippen LogP contribution in [0.5, 0.6) is 0 Å². The van der Waals surface area contributed by atoms with Gasteiger partial charge in [0, 0.05) is 0 Å². The van der Waals surface area contributed by atoms with Crippen LogP contribution in [0.3, 0.4) is 0 Å². The molecule has 0 aromatic rings. The molecule has 0 aromatic heterocycles. The lowest BCUT2D eigenvalue weighted by molar-refractivity contribution is -0.252. The van der Waals surface area contributed by atoms with Crippen molar-refractivity contribution >= 4 is 0 Å². The summed E-state index contributed by atoms with van der Waals surface area (Å²) in [6, 6.07) is 0. The first-order chi connectivity index (χ1) is 9.25. The van der Waals surface area contributed by atoms with Gasteiger partial charge in [0.1, 0.15) is 36.6 Å². The summed E-state index contributed by atoms with van der Waals surface area (Å²) in [5.41, 5.74) is 0. The zero-order valence-electron chi connectivity index (χ0n) is 10.4. The third-order valence-electron chi connectivity index (χ3n) is 2.95. The van der Waals surface area contributed by atoms with Gasteiger partial charge in [-0.05, 0) is 0 Å². The number of rotatable bonds is 0. The monoisotopic (exact) mass is 300 g/mol. The second-order valence-electron chi connectivity index (χ2n) is 4.54. The van der Waals surface area contributed by atoms with E-state index in [0.29, 0.717) is 0 Å². The fourth-order valence-corrected chi connectivity index (χ4v) is 1.58. The Labute approximate surface area is 114 Å². The molecule has 0 amide bonds. The van der Waals surface area contributed by atoms with Crippen LogP contribution >= 0.6 is 0 Å². The lowest BCUT2D eigenvalue weighted by atomic mass is 10.1. The lowest BCUT2D eigenvalue weighted by Gasteiger charge is -2.31. The summed E-state index contributed by atoms with van der Waals surface area (Å²) >= 11 is 0. The Morgan fingerprint density at radius 3 is 1.05 bits per heavy atom. The van der Waals surface area contributed by atoms with Crippen LogP contribution in [0, 0.1) is 0 Å². The Hall–Kier alpha value is -0.400. The van der Waals surface area contributed by atoms with Crippen LogP contribution < -0.4 is 0 Å². The number of ether oxygens (including phenoxy) is 2. The minimum atomic E-state index is -1.41. The number of aliphatic hydroxyl groups excluding tert-OH is 8. The van der Waals surface area contributed by atoms with Gasteiger partial charge in [0.05, 0.1) is 13.2 Å². The summed E-state index contributed by atoms with van der Waals surface area (Å²) in [5, 5.41) is 70.5. The highest BCUT2D eigenvalue weighted by Gasteiger charge is 2.36. The Morgan fingerprint density at radius 2 is 0.800 bits per heavy atom. The Kier molecular flexibility index (Phi) is 6.68. The van der Waals surface area contributed by atoms with Gasteiger partial charge in [-0.1, -0.05) is 0 Å². The molecule has 2 heterocycles. The highest BCUT2D eigenvalue weighted by molar-refractivity contribution is 4.81. The van der Waals surface area contributed by atoms with Gasteiger partial charge in [0.2, 0.25) is 0 Å². The van der Waals surface area contributed by atoms with Gasteiger partial charge in [-0.2, -0.15) is 0 Å². The molecule has 120 valence electrons. The number of hydrogen-bond acceptors (Lipinski definition) is 10. The third kappa shape index (κ3) is 4.30. The molecule has 0 spiro atoms. The molecule has 2 aliphatic heterocycles. The summed E-state index contributed by atoms with van der Waals surface area (Å²) in [6.45, 7) is -0.307. The van der Waals surface area contributed by atoms with Crippen LogP contribution in [0.15, 0.2) is 0 Å². The molecule has 8 N–H and O–H groups in total. The molecule has 8 atom stereocenters. The van der Waals surface area contributed by atoms with Crippen molar-refractivity contribution in [1.82, 2.24) is 0 Å². The fraction of sp³-hybridized carbons (Fsp3) is 1.00. The molecular weight excluding hydrogens is 280 g/mol. The van der Waals surface area contributed by atoms with Crippen molar-refractivity contribution in [2.45, 2.75) is 49.2 Å². The maximum Gasteiger partial charge on any atom is 0.183 e. The van der Waals surface area contributed by atoms with Crippen molar-refractivity contribution in [2.75, 3.05) is 13.2 Å². The quantitative estimate of drug-likeness (QED) is 0.215. The maximum absolute atomic E-state index is 8.88. The first kappa shape index (κ1) is 17.7. The van der Waals surface area contributed by atoms with E-state index in [9.17, 15) is 0 Å². The van der Waals surface area contributed by atoms with Crippen molar-refractivity contribution in [3.63, 3.8) is 0 Å². The normalized spacial score (nSPS) is 49.2. The van der Waals surface area contributed by atoms with E-state index in [1.165, 1.54) is 0 Å². The molecule has 0 radical (unpaired) electrons. The van der Waals surface area contributed by atoms with E-state index >= 15 is 0 Å². The van der Waals surface area contributed by atoms with Gasteiger partial charge < -0.3 is 50.3 Å². The summed E-state index contributed by atoms with van der Waals surface area (Å²) in [7, 11) is 0. The first-order valence-electron chi connectivity index (χ1n) is 5.93. The Balaban J connectivity index is 0.000000200. The van der Waals surface area contributed by atoms with Crippen molar-refractivity contribution in [3.05, 3.63) is 0 Å². The summed E-state index contributed by atoms with van der Waals surface area (Å²) in [6.07, 6.45) is -10.5. The first-order valence-corrected chi connectivity index (χ1v) is 5.93.